The van der Waals surface area contributed by atoms with Crippen LogP contribution in [-0.2, 0) is 12.4 Å². The predicted octanol–water partition coefficient (Wildman–Crippen LogP) is 9.24. The normalized spacial score (nSPS) is 12.1. The zero-order valence-electron chi connectivity index (χ0n) is 21.5. The largest absolute Gasteiger partial charge is 0.457 e. The molecule has 0 aliphatic carbocycles. The Morgan fingerprint density at radius 2 is 1.53 bits per heavy atom. The summed E-state index contributed by atoms with van der Waals surface area (Å²) < 4.78 is 86.6. The average Bonchev–Trinajstić information content (AvgIpc) is 3.59. The molecule has 0 fully saturated rings. The Bertz CT molecular complexity index is 1930. The molecule has 0 atom stereocenters. The zero-order valence-corrected chi connectivity index (χ0v) is 22.2. The van der Waals surface area contributed by atoms with Gasteiger partial charge < -0.3 is 20.0 Å². The van der Waals surface area contributed by atoms with Gasteiger partial charge in [-0.25, -0.2) is 9.97 Å². The molecule has 0 aliphatic heterocycles. The number of hydrogen-bond donors (Lipinski definition) is 3. The topological polar surface area (TPSA) is 91.5 Å². The summed E-state index contributed by atoms with van der Waals surface area (Å²) >= 11 is 6.07. The molecule has 6 aromatic rings. The molecule has 6 rings (SSSR count). The third-order valence-corrected chi connectivity index (χ3v) is 6.57. The SMILES string of the molecule is FC(F)(F)c1ccc(Cl)c(Nc2nc3ccc(Oc4ccnc(-c5nc(-c6ccccc6)c(C(F)(F)F)[nH]5)c4)cc3[nH]2)c1. The average molecular weight is 615 g/mol. The summed E-state index contributed by atoms with van der Waals surface area (Å²) in [4.78, 5) is 18.0. The van der Waals surface area contributed by atoms with Gasteiger partial charge in [-0.05, 0) is 36.4 Å². The maximum absolute atomic E-state index is 13.8. The molecule has 3 N–H and O–H groups in total. The van der Waals surface area contributed by atoms with Gasteiger partial charge in [-0.3, -0.25) is 4.98 Å². The molecule has 0 spiro atoms. The fourth-order valence-electron chi connectivity index (χ4n) is 4.28. The molecule has 0 unspecified atom stereocenters. The first-order valence-electron chi connectivity index (χ1n) is 12.4. The van der Waals surface area contributed by atoms with Crippen LogP contribution in [0.25, 0.3) is 33.8 Å². The third-order valence-electron chi connectivity index (χ3n) is 6.24. The van der Waals surface area contributed by atoms with Crippen LogP contribution in [0.2, 0.25) is 5.02 Å². The van der Waals surface area contributed by atoms with Crippen LogP contribution in [0.5, 0.6) is 11.5 Å². The maximum Gasteiger partial charge on any atom is 0.433 e. The standard InChI is InChI=1S/C29H17ClF6N6O/c30-19-8-6-16(28(31,32)33)12-21(19)39-27-38-20-9-7-17(13-22(20)40-27)43-18-10-11-37-23(14-18)26-41-24(15-4-2-1-3-5-15)25(42-26)29(34,35)36/h1-14H,(H,41,42)(H2,38,39,40). The minimum atomic E-state index is -4.68. The van der Waals surface area contributed by atoms with Crippen LogP contribution in [0.4, 0.5) is 38.0 Å². The lowest BCUT2D eigenvalue weighted by atomic mass is 10.1. The first-order valence-corrected chi connectivity index (χ1v) is 12.8. The van der Waals surface area contributed by atoms with Crippen LogP contribution in [0.1, 0.15) is 11.3 Å². The van der Waals surface area contributed by atoms with Crippen LogP contribution in [0, 0.1) is 0 Å². The van der Waals surface area contributed by atoms with E-state index in [-0.39, 0.29) is 39.6 Å². The number of fused-ring (bicyclic) bond motifs is 1. The minimum Gasteiger partial charge on any atom is -0.457 e. The van der Waals surface area contributed by atoms with E-state index in [1.165, 1.54) is 30.5 Å². The number of imidazole rings is 2. The van der Waals surface area contributed by atoms with Gasteiger partial charge in [0.15, 0.2) is 5.82 Å². The van der Waals surface area contributed by atoms with E-state index in [1.807, 2.05) is 0 Å². The van der Waals surface area contributed by atoms with Gasteiger partial charge >= 0.3 is 12.4 Å². The van der Waals surface area contributed by atoms with Crippen LogP contribution in [-0.4, -0.2) is 24.9 Å². The van der Waals surface area contributed by atoms with Gasteiger partial charge in [-0.2, -0.15) is 26.3 Å². The molecule has 7 nitrogen and oxygen atoms in total. The lowest BCUT2D eigenvalue weighted by Gasteiger charge is -2.10. The smallest absolute Gasteiger partial charge is 0.433 e. The van der Waals surface area contributed by atoms with E-state index < -0.39 is 23.6 Å². The lowest BCUT2D eigenvalue weighted by Crippen LogP contribution is -2.07. The Hall–Kier alpha value is -5.04. The van der Waals surface area contributed by atoms with Gasteiger partial charge in [0.1, 0.15) is 28.6 Å². The number of nitrogens with zero attached hydrogens (tertiary/aromatic N) is 3. The van der Waals surface area contributed by atoms with Gasteiger partial charge in [-0.1, -0.05) is 41.9 Å². The highest BCUT2D eigenvalue weighted by molar-refractivity contribution is 6.33. The Morgan fingerprint density at radius 3 is 2.28 bits per heavy atom. The molecule has 43 heavy (non-hydrogen) atoms. The number of nitrogens with one attached hydrogen (secondary N) is 3. The van der Waals surface area contributed by atoms with Crippen molar-refractivity contribution in [3.8, 4) is 34.3 Å². The summed E-state index contributed by atoms with van der Waals surface area (Å²) in [6.07, 6.45) is -7.85. The van der Waals surface area contributed by atoms with Crippen molar-refractivity contribution in [2.75, 3.05) is 5.32 Å². The van der Waals surface area contributed by atoms with Gasteiger partial charge in [0.25, 0.3) is 0 Å². The highest BCUT2D eigenvalue weighted by Crippen LogP contribution is 2.38. The molecule has 0 radical (unpaired) electrons. The first kappa shape index (κ1) is 28.1. The van der Waals surface area contributed by atoms with Crippen LogP contribution < -0.4 is 10.1 Å². The quantitative estimate of drug-likeness (QED) is 0.163. The van der Waals surface area contributed by atoms with E-state index in [0.29, 0.717) is 22.3 Å². The monoisotopic (exact) mass is 614 g/mol. The number of halogens is 7. The summed E-state index contributed by atoms with van der Waals surface area (Å²) in [6, 6.07) is 18.7. The highest BCUT2D eigenvalue weighted by Gasteiger charge is 2.37. The lowest BCUT2D eigenvalue weighted by molar-refractivity contribution is -0.140. The van der Waals surface area contributed by atoms with Crippen molar-refractivity contribution in [2.45, 2.75) is 12.4 Å². The van der Waals surface area contributed by atoms with Crippen molar-refractivity contribution in [1.29, 1.82) is 0 Å². The Balaban J connectivity index is 1.25. The van der Waals surface area contributed by atoms with Gasteiger partial charge in [0, 0.05) is 23.9 Å². The van der Waals surface area contributed by atoms with E-state index in [0.717, 1.165) is 18.2 Å². The molecule has 0 aliphatic rings. The van der Waals surface area contributed by atoms with Crippen LogP contribution >= 0.6 is 11.6 Å². The molecule has 14 heteroatoms. The van der Waals surface area contributed by atoms with Crippen molar-refractivity contribution in [3.63, 3.8) is 0 Å². The fourth-order valence-corrected chi connectivity index (χ4v) is 4.45. The van der Waals surface area contributed by atoms with Crippen molar-refractivity contribution in [1.82, 2.24) is 24.9 Å². The van der Waals surface area contributed by atoms with Crippen molar-refractivity contribution < 1.29 is 31.1 Å². The van der Waals surface area contributed by atoms with E-state index in [4.69, 9.17) is 16.3 Å². The highest BCUT2D eigenvalue weighted by atomic mass is 35.5. The summed E-state index contributed by atoms with van der Waals surface area (Å²) in [5.74, 6) is 0.665. The second-order valence-electron chi connectivity index (χ2n) is 9.23. The number of rotatable bonds is 6. The molecular weight excluding hydrogens is 598 g/mol. The summed E-state index contributed by atoms with van der Waals surface area (Å²) in [6.45, 7) is 0. The van der Waals surface area contributed by atoms with E-state index >= 15 is 0 Å². The predicted molar refractivity (Wildman–Crippen MR) is 148 cm³/mol. The molecule has 3 heterocycles. The van der Waals surface area contributed by atoms with Crippen LogP contribution in [0.15, 0.2) is 85.1 Å². The summed E-state index contributed by atoms with van der Waals surface area (Å²) in [5, 5.41) is 2.83. The van der Waals surface area contributed by atoms with Gasteiger partial charge in [-0.15, -0.1) is 0 Å². The molecule has 0 saturated carbocycles. The number of aromatic nitrogens is 5. The second-order valence-corrected chi connectivity index (χ2v) is 9.64. The third kappa shape index (κ3) is 5.97. The number of H-pyrrole nitrogens is 2. The zero-order chi connectivity index (χ0) is 30.4. The molecule has 3 aromatic heterocycles. The Kier molecular flexibility index (Phi) is 6.97. The van der Waals surface area contributed by atoms with Crippen molar-refractivity contribution in [2.24, 2.45) is 0 Å². The number of alkyl halides is 6. The molecule has 0 saturated heterocycles. The molecule has 0 bridgehead atoms. The van der Waals surface area contributed by atoms with Gasteiger partial charge in [0.2, 0.25) is 5.95 Å². The minimum absolute atomic E-state index is 0.0124. The van der Waals surface area contributed by atoms with Crippen molar-refractivity contribution >= 4 is 34.3 Å². The maximum atomic E-state index is 13.8. The first-order chi connectivity index (χ1) is 20.4. The van der Waals surface area contributed by atoms with E-state index in [2.05, 4.69) is 30.2 Å². The van der Waals surface area contributed by atoms with Crippen molar-refractivity contribution in [3.05, 3.63) is 101 Å². The Morgan fingerprint density at radius 1 is 0.767 bits per heavy atom. The number of aromatic amines is 2. The van der Waals surface area contributed by atoms with E-state index in [1.54, 1.807) is 36.4 Å². The van der Waals surface area contributed by atoms with E-state index in [9.17, 15) is 26.3 Å². The number of anilines is 2. The van der Waals surface area contributed by atoms with Gasteiger partial charge in [0.05, 0.1) is 27.3 Å². The number of ether oxygens (including phenoxy) is 1. The molecule has 0 amide bonds. The molecule has 3 aromatic carbocycles. The Labute approximate surface area is 243 Å². The summed E-state index contributed by atoms with van der Waals surface area (Å²) in [5.41, 5.74) is -0.720. The fraction of sp³-hybridized carbons (Fsp3) is 0.0690. The van der Waals surface area contributed by atoms with Crippen LogP contribution in [0.3, 0.4) is 0 Å². The second kappa shape index (κ2) is 10.7. The summed E-state index contributed by atoms with van der Waals surface area (Å²) in [7, 11) is 0. The number of pyridine rings is 1. The number of benzene rings is 3. The molecule has 218 valence electrons. The molecular formula is C29H17ClF6N6O. The number of hydrogen-bond acceptors (Lipinski definition) is 5.